The van der Waals surface area contributed by atoms with E-state index in [1.807, 2.05) is 4.90 Å². The maximum absolute atomic E-state index is 14.2. The molecular formula is C15H18FN3O3S. The highest BCUT2D eigenvalue weighted by Crippen LogP contribution is 2.29. The Kier molecular flexibility index (Phi) is 4.51. The normalized spacial score (nSPS) is 20.1. The number of nitrogens with one attached hydrogen (secondary N) is 1. The molecule has 1 atom stereocenters. The first kappa shape index (κ1) is 15.8. The zero-order chi connectivity index (χ0) is 16.4. The lowest BCUT2D eigenvalue weighted by Gasteiger charge is -2.33. The van der Waals surface area contributed by atoms with Crippen LogP contribution in [0.15, 0.2) is 18.2 Å². The highest BCUT2D eigenvalue weighted by Gasteiger charge is 2.33. The minimum atomic E-state index is -0.490. The van der Waals surface area contributed by atoms with Crippen LogP contribution in [0.25, 0.3) is 0 Å². The molecule has 0 aliphatic carbocycles. The van der Waals surface area contributed by atoms with Gasteiger partial charge in [-0.25, -0.2) is 9.18 Å². The van der Waals surface area contributed by atoms with E-state index in [1.54, 1.807) is 12.1 Å². The first-order valence-electron chi connectivity index (χ1n) is 7.43. The van der Waals surface area contributed by atoms with E-state index in [4.69, 9.17) is 21.7 Å². The third kappa shape index (κ3) is 3.31. The van der Waals surface area contributed by atoms with Gasteiger partial charge in [-0.1, -0.05) is 0 Å². The fraction of sp³-hybridized carbons (Fsp3) is 0.467. The van der Waals surface area contributed by atoms with Crippen LogP contribution in [0.4, 0.5) is 20.6 Å². The topological polar surface area (TPSA) is 54.0 Å². The van der Waals surface area contributed by atoms with Gasteiger partial charge in [0.25, 0.3) is 5.17 Å². The van der Waals surface area contributed by atoms with Crippen molar-refractivity contribution in [3.63, 3.8) is 0 Å². The Hall–Kier alpha value is -2.09. The molecule has 23 heavy (non-hydrogen) atoms. The third-order valence-electron chi connectivity index (χ3n) is 3.97. The fourth-order valence-electron chi connectivity index (χ4n) is 2.59. The maximum Gasteiger partial charge on any atom is 0.414 e. The van der Waals surface area contributed by atoms with Gasteiger partial charge < -0.3 is 19.7 Å². The monoisotopic (exact) mass is 339 g/mol. The molecule has 1 N–H and O–H groups in total. The summed E-state index contributed by atoms with van der Waals surface area (Å²) in [5.41, 5.74) is 1.07. The SMILES string of the molecule is COC(=S)NC[C@H]1CN(c2ccc(N3CCC3)c(F)c2)C(=O)O1. The molecule has 2 saturated heterocycles. The second-order valence-corrected chi connectivity index (χ2v) is 5.84. The van der Waals surface area contributed by atoms with Crippen molar-refractivity contribution in [1.82, 2.24) is 5.32 Å². The summed E-state index contributed by atoms with van der Waals surface area (Å²) < 4.78 is 24.3. The van der Waals surface area contributed by atoms with Crippen molar-refractivity contribution in [2.45, 2.75) is 12.5 Å². The average molecular weight is 339 g/mol. The van der Waals surface area contributed by atoms with Gasteiger partial charge in [0, 0.05) is 13.1 Å². The zero-order valence-electron chi connectivity index (χ0n) is 12.8. The van der Waals surface area contributed by atoms with Crippen LogP contribution in [0.5, 0.6) is 0 Å². The third-order valence-corrected chi connectivity index (χ3v) is 4.28. The van der Waals surface area contributed by atoms with Crippen LogP contribution in [0.3, 0.4) is 0 Å². The van der Waals surface area contributed by atoms with Crippen LogP contribution in [-0.2, 0) is 9.47 Å². The van der Waals surface area contributed by atoms with Crippen LogP contribution >= 0.6 is 12.2 Å². The Morgan fingerprint density at radius 3 is 2.91 bits per heavy atom. The zero-order valence-corrected chi connectivity index (χ0v) is 13.6. The van der Waals surface area contributed by atoms with Gasteiger partial charge in [0.05, 0.1) is 31.6 Å². The molecular weight excluding hydrogens is 321 g/mol. The number of halogens is 1. The molecule has 2 aliphatic heterocycles. The molecule has 1 aromatic carbocycles. The number of ether oxygens (including phenoxy) is 2. The first-order valence-corrected chi connectivity index (χ1v) is 7.84. The van der Waals surface area contributed by atoms with Crippen molar-refractivity contribution < 1.29 is 18.7 Å². The number of rotatable bonds is 4. The lowest BCUT2D eigenvalue weighted by molar-refractivity contribution is 0.142. The number of hydrogen-bond acceptors (Lipinski definition) is 5. The highest BCUT2D eigenvalue weighted by atomic mass is 32.1. The molecule has 2 fully saturated rings. The van der Waals surface area contributed by atoms with Crippen molar-refractivity contribution in [2.75, 3.05) is 43.1 Å². The molecule has 0 saturated carbocycles. The predicted molar refractivity (Wildman–Crippen MR) is 88.5 cm³/mol. The molecule has 2 heterocycles. The van der Waals surface area contributed by atoms with Gasteiger partial charge in [0.15, 0.2) is 0 Å². The molecule has 0 aromatic heterocycles. The molecule has 3 rings (SSSR count). The van der Waals surface area contributed by atoms with Crippen LogP contribution in [0.2, 0.25) is 0 Å². The second-order valence-electron chi connectivity index (χ2n) is 5.47. The van der Waals surface area contributed by atoms with E-state index in [0.29, 0.717) is 24.5 Å². The number of nitrogens with zero attached hydrogens (tertiary/aromatic N) is 2. The first-order chi connectivity index (χ1) is 11.1. The summed E-state index contributed by atoms with van der Waals surface area (Å²) >= 11 is 4.87. The summed E-state index contributed by atoms with van der Waals surface area (Å²) in [6.45, 7) is 2.42. The summed E-state index contributed by atoms with van der Waals surface area (Å²) in [6.07, 6.45) is 0.224. The minimum Gasteiger partial charge on any atom is -0.474 e. The summed E-state index contributed by atoms with van der Waals surface area (Å²) in [7, 11) is 1.46. The average Bonchev–Trinajstić information content (AvgIpc) is 2.86. The lowest BCUT2D eigenvalue weighted by Crippen LogP contribution is -2.37. The van der Waals surface area contributed by atoms with Crippen LogP contribution in [0, 0.1) is 5.82 Å². The van der Waals surface area contributed by atoms with Gasteiger partial charge in [-0.05, 0) is 36.8 Å². The van der Waals surface area contributed by atoms with Crippen molar-refractivity contribution in [1.29, 1.82) is 0 Å². The maximum atomic E-state index is 14.2. The Labute approximate surface area is 139 Å². The number of thiocarbonyl (C=S) groups is 1. The Morgan fingerprint density at radius 1 is 1.52 bits per heavy atom. The van der Waals surface area contributed by atoms with Crippen LogP contribution in [-0.4, -0.2) is 50.7 Å². The van der Waals surface area contributed by atoms with E-state index in [1.165, 1.54) is 18.1 Å². The molecule has 6 nitrogen and oxygen atoms in total. The summed E-state index contributed by atoms with van der Waals surface area (Å²) in [6, 6.07) is 4.83. The van der Waals surface area contributed by atoms with Gasteiger partial charge in [0.2, 0.25) is 0 Å². The molecule has 0 unspecified atom stereocenters. The van der Waals surface area contributed by atoms with E-state index in [9.17, 15) is 9.18 Å². The molecule has 0 radical (unpaired) electrons. The van der Waals surface area contributed by atoms with Crippen molar-refractivity contribution in [3.05, 3.63) is 24.0 Å². The lowest BCUT2D eigenvalue weighted by atomic mass is 10.1. The molecule has 1 aromatic rings. The van der Waals surface area contributed by atoms with Gasteiger partial charge >= 0.3 is 6.09 Å². The Morgan fingerprint density at radius 2 is 2.30 bits per heavy atom. The van der Waals surface area contributed by atoms with Crippen LogP contribution in [0.1, 0.15) is 6.42 Å². The van der Waals surface area contributed by atoms with E-state index >= 15 is 0 Å². The largest absolute Gasteiger partial charge is 0.474 e. The van der Waals surface area contributed by atoms with Gasteiger partial charge in [-0.15, -0.1) is 0 Å². The standard InChI is InChI=1S/C15H18FN3O3S/c1-21-14(23)17-8-11-9-19(15(20)22-11)10-3-4-13(12(16)7-10)18-5-2-6-18/h3-4,7,11H,2,5-6,8-9H2,1H3,(H,17,23)/t11-/m0/s1. The number of hydrogen-bond donors (Lipinski definition) is 1. The van der Waals surface area contributed by atoms with Gasteiger partial charge in [-0.3, -0.25) is 4.90 Å². The highest BCUT2D eigenvalue weighted by molar-refractivity contribution is 7.80. The quantitative estimate of drug-likeness (QED) is 0.846. The van der Waals surface area contributed by atoms with E-state index in [2.05, 4.69) is 5.32 Å². The number of cyclic esters (lactones) is 1. The Balaban J connectivity index is 1.65. The van der Waals surface area contributed by atoms with E-state index < -0.39 is 6.09 Å². The number of carbonyl (C=O) groups is 1. The van der Waals surface area contributed by atoms with Crippen LogP contribution < -0.4 is 15.1 Å². The van der Waals surface area contributed by atoms with Crippen molar-refractivity contribution in [3.8, 4) is 0 Å². The molecule has 2 aliphatic rings. The van der Waals surface area contributed by atoms with E-state index in [-0.39, 0.29) is 17.1 Å². The summed E-state index contributed by atoms with van der Waals surface area (Å²) in [5, 5.41) is 3.08. The minimum absolute atomic E-state index is 0.240. The van der Waals surface area contributed by atoms with Gasteiger partial charge in [-0.2, -0.15) is 0 Å². The number of benzene rings is 1. The van der Waals surface area contributed by atoms with Crippen molar-refractivity contribution >= 4 is 34.9 Å². The summed E-state index contributed by atoms with van der Waals surface area (Å²) in [4.78, 5) is 15.4. The molecule has 8 heteroatoms. The number of carbonyl (C=O) groups excluding carboxylic acids is 1. The summed E-state index contributed by atoms with van der Waals surface area (Å²) in [5.74, 6) is -0.322. The smallest absolute Gasteiger partial charge is 0.414 e. The fourth-order valence-corrected chi connectivity index (χ4v) is 2.67. The van der Waals surface area contributed by atoms with Crippen molar-refractivity contribution in [2.24, 2.45) is 0 Å². The molecule has 124 valence electrons. The Bertz CT molecular complexity index is 624. The second kappa shape index (κ2) is 6.57. The molecule has 1 amide bonds. The number of amides is 1. The predicted octanol–water partition coefficient (Wildman–Crippen LogP) is 1.88. The van der Waals surface area contributed by atoms with E-state index in [0.717, 1.165) is 19.5 Å². The molecule has 0 spiro atoms. The van der Waals surface area contributed by atoms with Gasteiger partial charge in [0.1, 0.15) is 11.9 Å². The molecule has 0 bridgehead atoms. The number of methoxy groups -OCH3 is 1. The number of anilines is 2.